The van der Waals surface area contributed by atoms with Crippen molar-refractivity contribution in [1.29, 1.82) is 0 Å². The third-order valence-electron chi connectivity index (χ3n) is 5.82. The van der Waals surface area contributed by atoms with E-state index in [1.807, 2.05) is 0 Å². The van der Waals surface area contributed by atoms with Crippen LogP contribution in [0.25, 0.3) is 0 Å². The van der Waals surface area contributed by atoms with Gasteiger partial charge in [0.1, 0.15) is 11.9 Å². The molecule has 0 saturated carbocycles. The molecule has 162 valence electrons. The Morgan fingerprint density at radius 2 is 1.97 bits per heavy atom. The summed E-state index contributed by atoms with van der Waals surface area (Å²) in [7, 11) is 2.69. The number of methoxy groups -OCH3 is 2. The number of likely N-dealkylation sites (tertiary alicyclic amines) is 2. The second-order valence-corrected chi connectivity index (χ2v) is 7.53. The van der Waals surface area contributed by atoms with Crippen LogP contribution in [0.1, 0.15) is 31.2 Å². The number of ether oxygens (including phenoxy) is 2. The molecule has 2 atom stereocenters. The van der Waals surface area contributed by atoms with Crippen LogP contribution in [0.15, 0.2) is 24.3 Å². The van der Waals surface area contributed by atoms with E-state index in [-0.39, 0.29) is 25.1 Å². The molecular formula is C21H25FN2O6. The number of carbonyl (C=O) groups is 4. The minimum absolute atomic E-state index is 0.00503. The Bertz CT molecular complexity index is 860. The predicted molar refractivity (Wildman–Crippen MR) is 103 cm³/mol. The molecule has 2 aliphatic rings. The summed E-state index contributed by atoms with van der Waals surface area (Å²) in [4.78, 5) is 53.6. The molecule has 1 aromatic rings. The van der Waals surface area contributed by atoms with E-state index in [2.05, 4.69) is 0 Å². The summed E-state index contributed by atoms with van der Waals surface area (Å²) in [6, 6.07) is 4.93. The standard InChI is InChI=1S/C21H25FN2O6/c1-29-11-10-24-18(26)13-21(20(24)28,14-6-3-4-7-15(14)22)12-17(25)23-9-5-8-16(23)19(27)30-2/h3-4,6-7,16H,5,8-13H2,1-2H3/t16-,21-/m0/s1. The molecule has 8 nitrogen and oxygen atoms in total. The third-order valence-corrected chi connectivity index (χ3v) is 5.82. The minimum atomic E-state index is -1.66. The first kappa shape index (κ1) is 21.9. The summed E-state index contributed by atoms with van der Waals surface area (Å²) in [5, 5.41) is 0. The van der Waals surface area contributed by atoms with Crippen molar-refractivity contribution in [2.45, 2.75) is 37.1 Å². The van der Waals surface area contributed by atoms with E-state index in [1.165, 1.54) is 37.3 Å². The number of carbonyl (C=O) groups excluding carboxylic acids is 4. The molecule has 3 amide bonds. The number of halogens is 1. The van der Waals surface area contributed by atoms with Crippen LogP contribution in [0.4, 0.5) is 4.39 Å². The normalized spacial score (nSPS) is 23.9. The van der Waals surface area contributed by atoms with Crippen molar-refractivity contribution in [1.82, 2.24) is 9.80 Å². The van der Waals surface area contributed by atoms with E-state index < -0.39 is 47.4 Å². The Balaban J connectivity index is 1.97. The molecule has 2 aliphatic heterocycles. The lowest BCUT2D eigenvalue weighted by molar-refractivity contribution is -0.151. The number of esters is 1. The van der Waals surface area contributed by atoms with Crippen molar-refractivity contribution < 1.29 is 33.0 Å². The molecule has 0 spiro atoms. The Kier molecular flexibility index (Phi) is 6.50. The van der Waals surface area contributed by atoms with E-state index in [0.29, 0.717) is 19.4 Å². The molecule has 0 aliphatic carbocycles. The van der Waals surface area contributed by atoms with Gasteiger partial charge >= 0.3 is 5.97 Å². The summed E-state index contributed by atoms with van der Waals surface area (Å²) >= 11 is 0. The highest BCUT2D eigenvalue weighted by Gasteiger charge is 2.55. The Labute approximate surface area is 173 Å². The zero-order valence-corrected chi connectivity index (χ0v) is 17.1. The van der Waals surface area contributed by atoms with Gasteiger partial charge < -0.3 is 14.4 Å². The van der Waals surface area contributed by atoms with E-state index >= 15 is 0 Å². The van der Waals surface area contributed by atoms with Crippen LogP contribution in [0.5, 0.6) is 0 Å². The maximum absolute atomic E-state index is 14.7. The van der Waals surface area contributed by atoms with Crippen LogP contribution in [0, 0.1) is 5.82 Å². The van der Waals surface area contributed by atoms with E-state index in [4.69, 9.17) is 9.47 Å². The monoisotopic (exact) mass is 420 g/mol. The van der Waals surface area contributed by atoms with Gasteiger partial charge in [0.05, 0.1) is 25.7 Å². The first-order chi connectivity index (χ1) is 14.4. The first-order valence-electron chi connectivity index (χ1n) is 9.81. The fourth-order valence-corrected chi connectivity index (χ4v) is 4.31. The van der Waals surface area contributed by atoms with Gasteiger partial charge in [0.25, 0.3) is 0 Å². The Morgan fingerprint density at radius 3 is 2.63 bits per heavy atom. The number of imide groups is 1. The van der Waals surface area contributed by atoms with Crippen molar-refractivity contribution in [3.8, 4) is 0 Å². The lowest BCUT2D eigenvalue weighted by atomic mass is 9.75. The van der Waals surface area contributed by atoms with Crippen molar-refractivity contribution >= 4 is 23.7 Å². The number of nitrogens with zero attached hydrogens (tertiary/aromatic N) is 2. The average Bonchev–Trinajstić information content (AvgIpc) is 3.31. The molecule has 2 fully saturated rings. The maximum atomic E-state index is 14.7. The van der Waals surface area contributed by atoms with Gasteiger partial charge in [0, 0.05) is 32.1 Å². The smallest absolute Gasteiger partial charge is 0.328 e. The lowest BCUT2D eigenvalue weighted by Gasteiger charge is -2.31. The summed E-state index contributed by atoms with van der Waals surface area (Å²) in [5.74, 6) is -2.79. The highest BCUT2D eigenvalue weighted by molar-refractivity contribution is 6.11. The van der Waals surface area contributed by atoms with Crippen molar-refractivity contribution in [3.63, 3.8) is 0 Å². The molecule has 0 radical (unpaired) electrons. The van der Waals surface area contributed by atoms with E-state index in [9.17, 15) is 23.6 Å². The molecule has 2 saturated heterocycles. The zero-order chi connectivity index (χ0) is 21.9. The van der Waals surface area contributed by atoms with Gasteiger partial charge in [-0.05, 0) is 18.9 Å². The SMILES string of the molecule is COCCN1C(=O)C[C@@](CC(=O)N2CCC[C@H]2C(=O)OC)(c2ccccc2F)C1=O. The minimum Gasteiger partial charge on any atom is -0.467 e. The number of amides is 3. The largest absolute Gasteiger partial charge is 0.467 e. The molecular weight excluding hydrogens is 395 g/mol. The first-order valence-corrected chi connectivity index (χ1v) is 9.81. The Hall–Kier alpha value is -2.81. The number of rotatable bonds is 7. The highest BCUT2D eigenvalue weighted by Crippen LogP contribution is 2.42. The fraction of sp³-hybridized carbons (Fsp3) is 0.524. The van der Waals surface area contributed by atoms with Gasteiger partial charge in [-0.15, -0.1) is 0 Å². The van der Waals surface area contributed by atoms with Crippen LogP contribution >= 0.6 is 0 Å². The highest BCUT2D eigenvalue weighted by atomic mass is 19.1. The van der Waals surface area contributed by atoms with Gasteiger partial charge in [-0.25, -0.2) is 9.18 Å². The van der Waals surface area contributed by atoms with E-state index in [0.717, 1.165) is 4.90 Å². The second-order valence-electron chi connectivity index (χ2n) is 7.53. The second kappa shape index (κ2) is 8.91. The van der Waals surface area contributed by atoms with Gasteiger partial charge in [-0.2, -0.15) is 0 Å². The predicted octanol–water partition coefficient (Wildman–Crippen LogP) is 1.02. The summed E-state index contributed by atoms with van der Waals surface area (Å²) in [6.07, 6.45) is 0.345. The summed E-state index contributed by atoms with van der Waals surface area (Å²) < 4.78 is 24.5. The number of hydrogen-bond acceptors (Lipinski definition) is 6. The maximum Gasteiger partial charge on any atom is 0.328 e. The number of hydrogen-bond donors (Lipinski definition) is 0. The van der Waals surface area contributed by atoms with Crippen LogP contribution in [0.2, 0.25) is 0 Å². The van der Waals surface area contributed by atoms with Crippen molar-refractivity contribution in [2.24, 2.45) is 0 Å². The van der Waals surface area contributed by atoms with Gasteiger partial charge in [0.2, 0.25) is 17.7 Å². The zero-order valence-electron chi connectivity index (χ0n) is 17.1. The van der Waals surface area contributed by atoms with Crippen LogP contribution in [-0.2, 0) is 34.1 Å². The molecule has 0 unspecified atom stereocenters. The van der Waals surface area contributed by atoms with Gasteiger partial charge in [-0.3, -0.25) is 19.3 Å². The molecule has 3 rings (SSSR count). The average molecular weight is 420 g/mol. The van der Waals surface area contributed by atoms with Crippen molar-refractivity contribution in [2.75, 3.05) is 33.9 Å². The van der Waals surface area contributed by atoms with Crippen LogP contribution < -0.4 is 0 Å². The molecule has 0 bridgehead atoms. The van der Waals surface area contributed by atoms with Gasteiger partial charge in [0.15, 0.2) is 0 Å². The van der Waals surface area contributed by atoms with Crippen LogP contribution in [-0.4, -0.2) is 73.4 Å². The van der Waals surface area contributed by atoms with E-state index in [1.54, 1.807) is 6.07 Å². The topological polar surface area (TPSA) is 93.2 Å². The quantitative estimate of drug-likeness (QED) is 0.483. The molecule has 0 N–H and O–H groups in total. The van der Waals surface area contributed by atoms with Crippen molar-refractivity contribution in [3.05, 3.63) is 35.6 Å². The lowest BCUT2D eigenvalue weighted by Crippen LogP contribution is -2.47. The molecule has 9 heteroatoms. The fourth-order valence-electron chi connectivity index (χ4n) is 4.31. The molecule has 0 aromatic heterocycles. The number of benzene rings is 1. The molecule has 1 aromatic carbocycles. The third kappa shape index (κ3) is 3.81. The summed E-state index contributed by atoms with van der Waals surface area (Å²) in [6.45, 7) is 0.490. The Morgan fingerprint density at radius 1 is 1.23 bits per heavy atom. The summed E-state index contributed by atoms with van der Waals surface area (Å²) in [5.41, 5.74) is -1.65. The van der Waals surface area contributed by atoms with Crippen LogP contribution in [0.3, 0.4) is 0 Å². The molecule has 30 heavy (non-hydrogen) atoms. The molecule has 2 heterocycles. The van der Waals surface area contributed by atoms with Gasteiger partial charge in [-0.1, -0.05) is 18.2 Å².